The van der Waals surface area contributed by atoms with Crippen molar-refractivity contribution in [1.29, 1.82) is 0 Å². The molecule has 0 bridgehead atoms. The molecule has 1 atom stereocenters. The summed E-state index contributed by atoms with van der Waals surface area (Å²) in [7, 11) is 0. The van der Waals surface area contributed by atoms with E-state index in [4.69, 9.17) is 5.73 Å². The van der Waals surface area contributed by atoms with E-state index in [1.807, 2.05) is 0 Å². The number of H-pyrrole nitrogens is 1. The van der Waals surface area contributed by atoms with Crippen molar-refractivity contribution in [2.24, 2.45) is 5.73 Å². The van der Waals surface area contributed by atoms with Crippen LogP contribution >= 0.6 is 0 Å². The van der Waals surface area contributed by atoms with Crippen LogP contribution in [0.1, 0.15) is 23.6 Å². The van der Waals surface area contributed by atoms with Crippen molar-refractivity contribution < 1.29 is 4.79 Å². The van der Waals surface area contributed by atoms with Crippen LogP contribution in [0.2, 0.25) is 0 Å². The lowest BCUT2D eigenvalue weighted by atomic mass is 10.0. The van der Waals surface area contributed by atoms with Gasteiger partial charge < -0.3 is 5.73 Å². The Balaban J connectivity index is 2.38. The SMILES string of the molecule is NC(=O)C1CCc2[nH]ncc21. The minimum absolute atomic E-state index is 0.108. The van der Waals surface area contributed by atoms with Crippen molar-refractivity contribution in [3.05, 3.63) is 17.5 Å². The molecule has 0 aliphatic heterocycles. The second kappa shape index (κ2) is 2.08. The highest BCUT2D eigenvalue weighted by Gasteiger charge is 2.28. The normalized spacial score (nSPS) is 21.6. The van der Waals surface area contributed by atoms with Crippen LogP contribution in [-0.2, 0) is 11.2 Å². The monoisotopic (exact) mass is 151 g/mol. The second-order valence-corrected chi connectivity index (χ2v) is 2.80. The molecule has 1 heterocycles. The van der Waals surface area contributed by atoms with Gasteiger partial charge in [-0.25, -0.2) is 0 Å². The van der Waals surface area contributed by atoms with Crippen molar-refractivity contribution in [3.63, 3.8) is 0 Å². The number of nitrogens with zero attached hydrogens (tertiary/aromatic N) is 1. The minimum Gasteiger partial charge on any atom is -0.369 e. The molecule has 0 saturated heterocycles. The van der Waals surface area contributed by atoms with E-state index in [-0.39, 0.29) is 11.8 Å². The lowest BCUT2D eigenvalue weighted by Gasteiger charge is -2.01. The van der Waals surface area contributed by atoms with E-state index in [9.17, 15) is 4.79 Å². The zero-order valence-electron chi connectivity index (χ0n) is 6.00. The summed E-state index contributed by atoms with van der Waals surface area (Å²) in [5.74, 6) is -0.353. The van der Waals surface area contributed by atoms with E-state index in [1.165, 1.54) is 0 Å². The number of carbonyl (C=O) groups excluding carboxylic acids is 1. The lowest BCUT2D eigenvalue weighted by molar-refractivity contribution is -0.119. The molecule has 0 radical (unpaired) electrons. The van der Waals surface area contributed by atoms with Crippen LogP contribution in [0, 0.1) is 0 Å². The minimum atomic E-state index is -0.245. The molecule has 11 heavy (non-hydrogen) atoms. The van der Waals surface area contributed by atoms with Crippen LogP contribution in [0.5, 0.6) is 0 Å². The van der Waals surface area contributed by atoms with Gasteiger partial charge in [0.15, 0.2) is 0 Å². The molecule has 1 unspecified atom stereocenters. The van der Waals surface area contributed by atoms with Gasteiger partial charge in [0.05, 0.1) is 12.1 Å². The first-order valence-corrected chi connectivity index (χ1v) is 3.60. The molecule has 1 aromatic heterocycles. The second-order valence-electron chi connectivity index (χ2n) is 2.80. The summed E-state index contributed by atoms with van der Waals surface area (Å²) in [6.45, 7) is 0. The first-order valence-electron chi connectivity index (χ1n) is 3.60. The van der Waals surface area contributed by atoms with Crippen LogP contribution in [-0.4, -0.2) is 16.1 Å². The maximum Gasteiger partial charge on any atom is 0.225 e. The molecular formula is C7H9N3O. The third kappa shape index (κ3) is 0.824. The third-order valence-electron chi connectivity index (χ3n) is 2.15. The molecule has 0 saturated carbocycles. The van der Waals surface area contributed by atoms with Crippen LogP contribution in [0.4, 0.5) is 0 Å². The molecule has 58 valence electrons. The molecule has 0 spiro atoms. The van der Waals surface area contributed by atoms with Gasteiger partial charge in [0.1, 0.15) is 0 Å². The standard InChI is InChI=1S/C7H9N3O/c8-7(11)4-1-2-6-5(4)3-9-10-6/h3-4H,1-2H2,(H2,8,11)(H,9,10). The summed E-state index contributed by atoms with van der Waals surface area (Å²) < 4.78 is 0. The molecule has 0 aromatic carbocycles. The first-order chi connectivity index (χ1) is 5.29. The Labute approximate surface area is 63.8 Å². The number of nitrogens with two attached hydrogens (primary N) is 1. The van der Waals surface area contributed by atoms with E-state index >= 15 is 0 Å². The van der Waals surface area contributed by atoms with Gasteiger partial charge in [0.2, 0.25) is 5.91 Å². The highest BCUT2D eigenvalue weighted by atomic mass is 16.1. The zero-order chi connectivity index (χ0) is 7.84. The molecule has 1 aliphatic carbocycles. The van der Waals surface area contributed by atoms with Crippen LogP contribution in [0.3, 0.4) is 0 Å². The van der Waals surface area contributed by atoms with E-state index in [2.05, 4.69) is 10.2 Å². The van der Waals surface area contributed by atoms with Crippen molar-refractivity contribution >= 4 is 5.91 Å². The van der Waals surface area contributed by atoms with E-state index < -0.39 is 0 Å². The molecule has 1 amide bonds. The Morgan fingerprint density at radius 1 is 1.82 bits per heavy atom. The van der Waals surface area contributed by atoms with Crippen LogP contribution < -0.4 is 5.73 Å². The number of aromatic amines is 1. The topological polar surface area (TPSA) is 71.8 Å². The van der Waals surface area contributed by atoms with Gasteiger partial charge in [-0.15, -0.1) is 0 Å². The number of aryl methyl sites for hydroxylation is 1. The number of primary amides is 1. The van der Waals surface area contributed by atoms with Crippen LogP contribution in [0.25, 0.3) is 0 Å². The maximum absolute atomic E-state index is 10.8. The average Bonchev–Trinajstić information content (AvgIpc) is 2.41. The van der Waals surface area contributed by atoms with Gasteiger partial charge in [-0.2, -0.15) is 5.10 Å². The van der Waals surface area contributed by atoms with E-state index in [0.29, 0.717) is 0 Å². The van der Waals surface area contributed by atoms with Gasteiger partial charge >= 0.3 is 0 Å². The molecule has 0 fully saturated rings. The third-order valence-corrected chi connectivity index (χ3v) is 2.15. The average molecular weight is 151 g/mol. The Morgan fingerprint density at radius 3 is 3.36 bits per heavy atom. The zero-order valence-corrected chi connectivity index (χ0v) is 6.00. The van der Waals surface area contributed by atoms with E-state index in [0.717, 1.165) is 24.1 Å². The van der Waals surface area contributed by atoms with Gasteiger partial charge in [0.25, 0.3) is 0 Å². The highest BCUT2D eigenvalue weighted by molar-refractivity contribution is 5.82. The van der Waals surface area contributed by atoms with Crippen LogP contribution in [0.15, 0.2) is 6.20 Å². The summed E-state index contributed by atoms with van der Waals surface area (Å²) in [6, 6.07) is 0. The smallest absolute Gasteiger partial charge is 0.225 e. The van der Waals surface area contributed by atoms with Gasteiger partial charge in [-0.05, 0) is 12.8 Å². The predicted molar refractivity (Wildman–Crippen MR) is 38.8 cm³/mol. The fraction of sp³-hybridized carbons (Fsp3) is 0.429. The molecule has 1 aliphatic rings. The molecular weight excluding hydrogens is 142 g/mol. The number of aromatic nitrogens is 2. The van der Waals surface area contributed by atoms with Crippen molar-refractivity contribution in [1.82, 2.24) is 10.2 Å². The quantitative estimate of drug-likeness (QED) is 0.589. The van der Waals surface area contributed by atoms with Gasteiger partial charge in [-0.3, -0.25) is 9.89 Å². The summed E-state index contributed by atoms with van der Waals surface area (Å²) in [5.41, 5.74) is 7.24. The number of hydrogen-bond donors (Lipinski definition) is 2. The molecule has 3 N–H and O–H groups in total. The fourth-order valence-corrected chi connectivity index (χ4v) is 1.56. The van der Waals surface area contributed by atoms with Gasteiger partial charge in [0, 0.05) is 11.3 Å². The summed E-state index contributed by atoms with van der Waals surface area (Å²) in [4.78, 5) is 10.8. The highest BCUT2D eigenvalue weighted by Crippen LogP contribution is 2.30. The Morgan fingerprint density at radius 2 is 2.64 bits per heavy atom. The molecule has 4 heteroatoms. The van der Waals surface area contributed by atoms with Crippen molar-refractivity contribution in [2.75, 3.05) is 0 Å². The number of fused-ring (bicyclic) bond motifs is 1. The predicted octanol–water partition coefficient (Wildman–Crippen LogP) is -0.0752. The van der Waals surface area contributed by atoms with E-state index in [1.54, 1.807) is 6.20 Å². The molecule has 2 rings (SSSR count). The van der Waals surface area contributed by atoms with Gasteiger partial charge in [-0.1, -0.05) is 0 Å². The largest absolute Gasteiger partial charge is 0.369 e. The Hall–Kier alpha value is -1.32. The van der Waals surface area contributed by atoms with Crippen molar-refractivity contribution in [3.8, 4) is 0 Å². The molecule has 1 aromatic rings. The molecule has 4 nitrogen and oxygen atoms in total. The number of carbonyl (C=O) groups is 1. The Kier molecular flexibility index (Phi) is 1.21. The maximum atomic E-state index is 10.8. The fourth-order valence-electron chi connectivity index (χ4n) is 1.56. The first kappa shape index (κ1) is 6.39. The number of hydrogen-bond acceptors (Lipinski definition) is 2. The number of nitrogens with one attached hydrogen (secondary N) is 1. The summed E-state index contributed by atoms with van der Waals surface area (Å²) in [5, 5.41) is 6.69. The lowest BCUT2D eigenvalue weighted by Crippen LogP contribution is -2.18. The summed E-state index contributed by atoms with van der Waals surface area (Å²) >= 11 is 0. The number of rotatable bonds is 1. The Bertz CT molecular complexity index is 292. The number of amides is 1. The summed E-state index contributed by atoms with van der Waals surface area (Å²) in [6.07, 6.45) is 3.42. The van der Waals surface area contributed by atoms with Crippen molar-refractivity contribution in [2.45, 2.75) is 18.8 Å².